The van der Waals surface area contributed by atoms with Crippen molar-refractivity contribution >= 4 is 17.5 Å². The first-order valence-electron chi connectivity index (χ1n) is 6.58. The Labute approximate surface area is 113 Å². The number of amides is 1. The number of aromatic nitrogens is 1. The topological polar surface area (TPSA) is 48.1 Å². The molecule has 1 fully saturated rings. The lowest BCUT2D eigenvalue weighted by atomic mass is 10.1. The summed E-state index contributed by atoms with van der Waals surface area (Å²) in [6.07, 6.45) is 4.82. The van der Waals surface area contributed by atoms with E-state index in [1.54, 1.807) is 12.3 Å². The standard InChI is InChI=1S/C13H20ClN3O/c1-2-6-17(11-4-3-5-15-9-11)13(18)12-7-10(14)8-16-12/h7-8,11,15-16H,2-6,9H2,1H3. The van der Waals surface area contributed by atoms with Gasteiger partial charge in [-0.05, 0) is 31.9 Å². The van der Waals surface area contributed by atoms with Gasteiger partial charge in [-0.3, -0.25) is 4.79 Å². The number of halogens is 1. The number of carbonyl (C=O) groups is 1. The first-order chi connectivity index (χ1) is 8.72. The van der Waals surface area contributed by atoms with Crippen LogP contribution in [0.4, 0.5) is 0 Å². The molecular weight excluding hydrogens is 250 g/mol. The van der Waals surface area contributed by atoms with Gasteiger partial charge >= 0.3 is 0 Å². The van der Waals surface area contributed by atoms with Crippen molar-refractivity contribution in [2.75, 3.05) is 19.6 Å². The van der Waals surface area contributed by atoms with Crippen molar-refractivity contribution in [1.82, 2.24) is 15.2 Å². The zero-order valence-electron chi connectivity index (χ0n) is 10.7. The fourth-order valence-electron chi connectivity index (χ4n) is 2.44. The molecule has 0 radical (unpaired) electrons. The number of aromatic amines is 1. The molecule has 2 N–H and O–H groups in total. The van der Waals surface area contributed by atoms with Crippen LogP contribution in [0, 0.1) is 0 Å². The van der Waals surface area contributed by atoms with Crippen LogP contribution in [0.25, 0.3) is 0 Å². The van der Waals surface area contributed by atoms with Gasteiger partial charge in [0.2, 0.25) is 0 Å². The van der Waals surface area contributed by atoms with Gasteiger partial charge in [-0.1, -0.05) is 18.5 Å². The molecule has 5 heteroatoms. The highest BCUT2D eigenvalue weighted by molar-refractivity contribution is 6.30. The Kier molecular flexibility index (Phi) is 4.66. The first kappa shape index (κ1) is 13.4. The van der Waals surface area contributed by atoms with Gasteiger partial charge < -0.3 is 15.2 Å². The van der Waals surface area contributed by atoms with Crippen molar-refractivity contribution in [2.24, 2.45) is 0 Å². The molecule has 1 aliphatic rings. The maximum Gasteiger partial charge on any atom is 0.270 e. The third-order valence-corrected chi connectivity index (χ3v) is 3.53. The molecule has 1 saturated heterocycles. The van der Waals surface area contributed by atoms with Crippen LogP contribution in [0.1, 0.15) is 36.7 Å². The van der Waals surface area contributed by atoms with Crippen LogP contribution in [0.3, 0.4) is 0 Å². The average Bonchev–Trinajstić information content (AvgIpc) is 2.83. The SMILES string of the molecule is CCCN(C(=O)c1cc(Cl)c[nH]1)C1CCCNC1. The molecule has 1 unspecified atom stereocenters. The van der Waals surface area contributed by atoms with Gasteiger partial charge in [0.1, 0.15) is 5.69 Å². The summed E-state index contributed by atoms with van der Waals surface area (Å²) in [5.41, 5.74) is 0.582. The predicted molar refractivity (Wildman–Crippen MR) is 73.0 cm³/mol. The lowest BCUT2D eigenvalue weighted by Crippen LogP contribution is -2.49. The summed E-state index contributed by atoms with van der Waals surface area (Å²) in [5, 5.41) is 3.94. The van der Waals surface area contributed by atoms with E-state index in [-0.39, 0.29) is 5.91 Å². The second-order valence-electron chi connectivity index (χ2n) is 4.73. The van der Waals surface area contributed by atoms with Crippen LogP contribution in [-0.2, 0) is 0 Å². The number of nitrogens with zero attached hydrogens (tertiary/aromatic N) is 1. The Morgan fingerprint density at radius 1 is 1.61 bits per heavy atom. The van der Waals surface area contributed by atoms with Gasteiger partial charge in [-0.15, -0.1) is 0 Å². The number of rotatable bonds is 4. The minimum atomic E-state index is 0.0532. The second kappa shape index (κ2) is 6.25. The van der Waals surface area contributed by atoms with Gasteiger partial charge in [0.25, 0.3) is 5.91 Å². The van der Waals surface area contributed by atoms with E-state index in [0.717, 1.165) is 38.9 Å². The maximum absolute atomic E-state index is 12.5. The van der Waals surface area contributed by atoms with Crippen molar-refractivity contribution in [3.05, 3.63) is 23.0 Å². The van der Waals surface area contributed by atoms with Gasteiger partial charge in [-0.25, -0.2) is 0 Å². The zero-order chi connectivity index (χ0) is 13.0. The van der Waals surface area contributed by atoms with Gasteiger partial charge in [0.05, 0.1) is 5.02 Å². The smallest absolute Gasteiger partial charge is 0.270 e. The van der Waals surface area contributed by atoms with E-state index in [4.69, 9.17) is 11.6 Å². The Hall–Kier alpha value is -1.00. The minimum Gasteiger partial charge on any atom is -0.356 e. The summed E-state index contributed by atoms with van der Waals surface area (Å²) < 4.78 is 0. The molecule has 1 aromatic rings. The molecule has 0 aromatic carbocycles. The van der Waals surface area contributed by atoms with Crippen molar-refractivity contribution < 1.29 is 4.79 Å². The average molecular weight is 270 g/mol. The molecule has 1 aliphatic heterocycles. The molecular formula is C13H20ClN3O. The van der Waals surface area contributed by atoms with Crippen LogP contribution in [-0.4, -0.2) is 41.5 Å². The number of nitrogens with one attached hydrogen (secondary N) is 2. The zero-order valence-corrected chi connectivity index (χ0v) is 11.5. The number of hydrogen-bond donors (Lipinski definition) is 2. The third kappa shape index (κ3) is 3.06. The fraction of sp³-hybridized carbons (Fsp3) is 0.615. The highest BCUT2D eigenvalue weighted by Crippen LogP contribution is 2.17. The number of hydrogen-bond acceptors (Lipinski definition) is 2. The molecule has 100 valence electrons. The minimum absolute atomic E-state index is 0.0532. The van der Waals surface area contributed by atoms with Crippen LogP contribution < -0.4 is 5.32 Å². The Bertz CT molecular complexity index is 399. The normalized spacial score (nSPS) is 19.8. The van der Waals surface area contributed by atoms with Crippen molar-refractivity contribution in [3.63, 3.8) is 0 Å². The van der Waals surface area contributed by atoms with E-state index in [9.17, 15) is 4.79 Å². The highest BCUT2D eigenvalue weighted by Gasteiger charge is 2.26. The quantitative estimate of drug-likeness (QED) is 0.881. The third-order valence-electron chi connectivity index (χ3n) is 3.32. The molecule has 2 rings (SSSR count). The number of carbonyl (C=O) groups excluding carboxylic acids is 1. The van der Waals surface area contributed by atoms with Gasteiger partial charge in [0.15, 0.2) is 0 Å². The molecule has 1 atom stereocenters. The van der Waals surface area contributed by atoms with Crippen molar-refractivity contribution in [2.45, 2.75) is 32.2 Å². The highest BCUT2D eigenvalue weighted by atomic mass is 35.5. The Balaban J connectivity index is 2.10. The molecule has 0 saturated carbocycles. The van der Waals surface area contributed by atoms with E-state index >= 15 is 0 Å². The summed E-state index contributed by atoms with van der Waals surface area (Å²) in [6.45, 7) is 4.83. The fourth-order valence-corrected chi connectivity index (χ4v) is 2.60. The summed E-state index contributed by atoms with van der Waals surface area (Å²) in [6, 6.07) is 2.00. The molecule has 0 aliphatic carbocycles. The Morgan fingerprint density at radius 3 is 3.00 bits per heavy atom. The van der Waals surface area contributed by atoms with Crippen LogP contribution in [0.2, 0.25) is 5.02 Å². The summed E-state index contributed by atoms with van der Waals surface area (Å²) in [7, 11) is 0. The van der Waals surface area contributed by atoms with E-state index in [2.05, 4.69) is 17.2 Å². The van der Waals surface area contributed by atoms with Crippen LogP contribution in [0.5, 0.6) is 0 Å². The van der Waals surface area contributed by atoms with Gasteiger partial charge in [-0.2, -0.15) is 0 Å². The van der Waals surface area contributed by atoms with Crippen molar-refractivity contribution in [3.8, 4) is 0 Å². The lowest BCUT2D eigenvalue weighted by Gasteiger charge is -2.34. The van der Waals surface area contributed by atoms with E-state index < -0.39 is 0 Å². The summed E-state index contributed by atoms with van der Waals surface area (Å²) in [5.74, 6) is 0.0532. The Morgan fingerprint density at radius 2 is 2.44 bits per heavy atom. The van der Waals surface area contributed by atoms with Crippen LogP contribution >= 0.6 is 11.6 Å². The lowest BCUT2D eigenvalue weighted by molar-refractivity contribution is 0.0643. The van der Waals surface area contributed by atoms with Gasteiger partial charge in [0, 0.05) is 25.3 Å². The molecule has 1 amide bonds. The number of piperidine rings is 1. The predicted octanol–water partition coefficient (Wildman–Crippen LogP) is 2.27. The van der Waals surface area contributed by atoms with E-state index in [1.807, 2.05) is 4.90 Å². The molecule has 0 bridgehead atoms. The molecule has 1 aromatic heterocycles. The molecule has 4 nitrogen and oxygen atoms in total. The number of H-pyrrole nitrogens is 1. The second-order valence-corrected chi connectivity index (χ2v) is 5.17. The van der Waals surface area contributed by atoms with Crippen LogP contribution in [0.15, 0.2) is 12.3 Å². The maximum atomic E-state index is 12.5. The van der Waals surface area contributed by atoms with Crippen molar-refractivity contribution in [1.29, 1.82) is 0 Å². The molecule has 2 heterocycles. The van der Waals surface area contributed by atoms with E-state index in [1.165, 1.54) is 0 Å². The summed E-state index contributed by atoms with van der Waals surface area (Å²) in [4.78, 5) is 17.4. The monoisotopic (exact) mass is 269 g/mol. The molecule has 0 spiro atoms. The first-order valence-corrected chi connectivity index (χ1v) is 6.95. The largest absolute Gasteiger partial charge is 0.356 e. The van der Waals surface area contributed by atoms with E-state index in [0.29, 0.717) is 16.8 Å². The summed E-state index contributed by atoms with van der Waals surface area (Å²) >= 11 is 5.86. The molecule has 18 heavy (non-hydrogen) atoms.